The molecule has 0 radical (unpaired) electrons. The van der Waals surface area contributed by atoms with E-state index in [1.165, 1.54) is 55.3 Å². The normalized spacial score (nSPS) is 19.7. The quantitative estimate of drug-likeness (QED) is 0.447. The first-order chi connectivity index (χ1) is 17.2. The van der Waals surface area contributed by atoms with Gasteiger partial charge in [-0.25, -0.2) is 0 Å². The van der Waals surface area contributed by atoms with E-state index in [0.29, 0.717) is 6.42 Å². The van der Waals surface area contributed by atoms with Crippen molar-refractivity contribution in [2.75, 3.05) is 39.3 Å². The standard InChI is InChI=1S/C30H40N4O/c1-2-24(27-23-32-28-13-7-6-12-26(27)28)22-29(35)31-16-21-33-19-14-30(15-20-33,34-17-8-9-18-34)25-10-4-3-5-11-25/h3-7,10-13,23-24,32H,2,8-9,14-22H2,1H3,(H,31,35). The van der Waals surface area contributed by atoms with Crippen LogP contribution in [0.1, 0.15) is 62.5 Å². The van der Waals surface area contributed by atoms with Gasteiger partial charge in [0.1, 0.15) is 0 Å². The van der Waals surface area contributed by atoms with E-state index in [9.17, 15) is 4.79 Å². The van der Waals surface area contributed by atoms with Gasteiger partial charge in [0.05, 0.1) is 0 Å². The molecule has 1 amide bonds. The SMILES string of the molecule is CCC(CC(=O)NCCN1CCC(c2ccccc2)(N2CCCC2)CC1)c1c[nH]c2ccccc12. The Morgan fingerprint density at radius 1 is 1.00 bits per heavy atom. The van der Waals surface area contributed by atoms with Gasteiger partial charge in [-0.1, -0.05) is 55.5 Å². The Kier molecular flexibility index (Phi) is 7.54. The molecule has 35 heavy (non-hydrogen) atoms. The van der Waals surface area contributed by atoms with E-state index in [-0.39, 0.29) is 17.4 Å². The van der Waals surface area contributed by atoms with E-state index in [0.717, 1.165) is 38.1 Å². The first-order valence-electron chi connectivity index (χ1n) is 13.6. The highest BCUT2D eigenvalue weighted by atomic mass is 16.1. The summed E-state index contributed by atoms with van der Waals surface area (Å²) in [4.78, 5) is 21.4. The number of carbonyl (C=O) groups excluding carboxylic acids is 1. The first-order valence-corrected chi connectivity index (χ1v) is 13.6. The summed E-state index contributed by atoms with van der Waals surface area (Å²) in [6.07, 6.45) is 8.57. The smallest absolute Gasteiger partial charge is 0.220 e. The zero-order chi connectivity index (χ0) is 24.1. The van der Waals surface area contributed by atoms with Gasteiger partial charge in [-0.15, -0.1) is 0 Å². The Bertz CT molecular complexity index is 1090. The number of aromatic amines is 1. The summed E-state index contributed by atoms with van der Waals surface area (Å²) in [5.41, 5.74) is 4.07. The molecule has 2 fully saturated rings. The second-order valence-electron chi connectivity index (χ2n) is 10.4. The van der Waals surface area contributed by atoms with Crippen molar-refractivity contribution in [3.8, 4) is 0 Å². The molecule has 0 bridgehead atoms. The predicted octanol–water partition coefficient (Wildman–Crippen LogP) is 5.25. The zero-order valence-electron chi connectivity index (χ0n) is 21.1. The van der Waals surface area contributed by atoms with Crippen LogP contribution in [0.4, 0.5) is 0 Å². The van der Waals surface area contributed by atoms with Crippen molar-refractivity contribution in [3.05, 3.63) is 71.9 Å². The molecule has 1 aromatic heterocycles. The van der Waals surface area contributed by atoms with Gasteiger partial charge in [0.25, 0.3) is 0 Å². The van der Waals surface area contributed by atoms with Crippen LogP contribution in [-0.2, 0) is 10.3 Å². The zero-order valence-corrected chi connectivity index (χ0v) is 21.1. The molecule has 2 saturated heterocycles. The molecule has 5 heteroatoms. The van der Waals surface area contributed by atoms with Crippen LogP contribution in [0.2, 0.25) is 0 Å². The third kappa shape index (κ3) is 5.17. The molecule has 5 rings (SSSR count). The van der Waals surface area contributed by atoms with Crippen LogP contribution in [-0.4, -0.2) is 60.0 Å². The van der Waals surface area contributed by atoms with Crippen LogP contribution in [0, 0.1) is 0 Å². The Balaban J connectivity index is 1.12. The number of hydrogen-bond donors (Lipinski definition) is 2. The van der Waals surface area contributed by atoms with Crippen LogP contribution in [0.25, 0.3) is 10.9 Å². The first kappa shape index (κ1) is 24.1. The molecule has 3 heterocycles. The molecule has 186 valence electrons. The third-order valence-corrected chi connectivity index (χ3v) is 8.44. The lowest BCUT2D eigenvalue weighted by molar-refractivity contribution is -0.121. The summed E-state index contributed by atoms with van der Waals surface area (Å²) in [5.74, 6) is 0.405. The molecule has 0 aliphatic carbocycles. The number of aromatic nitrogens is 1. The van der Waals surface area contributed by atoms with Gasteiger partial charge in [0.2, 0.25) is 5.91 Å². The number of H-pyrrole nitrogens is 1. The van der Waals surface area contributed by atoms with Crippen LogP contribution < -0.4 is 5.32 Å². The Morgan fingerprint density at radius 3 is 2.46 bits per heavy atom. The Morgan fingerprint density at radius 2 is 1.71 bits per heavy atom. The van der Waals surface area contributed by atoms with E-state index in [1.807, 2.05) is 6.07 Å². The molecule has 2 aromatic carbocycles. The molecule has 2 aliphatic heterocycles. The van der Waals surface area contributed by atoms with Crippen molar-refractivity contribution < 1.29 is 4.79 Å². The highest BCUT2D eigenvalue weighted by molar-refractivity contribution is 5.85. The molecule has 2 N–H and O–H groups in total. The number of hydrogen-bond acceptors (Lipinski definition) is 3. The number of carbonyl (C=O) groups is 1. The van der Waals surface area contributed by atoms with E-state index in [1.54, 1.807) is 0 Å². The number of nitrogens with one attached hydrogen (secondary N) is 2. The van der Waals surface area contributed by atoms with Crippen LogP contribution in [0.5, 0.6) is 0 Å². The number of para-hydroxylation sites is 1. The largest absolute Gasteiger partial charge is 0.361 e. The fraction of sp³-hybridized carbons (Fsp3) is 0.500. The Hall–Kier alpha value is -2.63. The molecule has 1 atom stereocenters. The van der Waals surface area contributed by atoms with Gasteiger partial charge in [-0.3, -0.25) is 9.69 Å². The molecular weight excluding hydrogens is 432 g/mol. The predicted molar refractivity (Wildman–Crippen MR) is 144 cm³/mol. The topological polar surface area (TPSA) is 51.4 Å². The molecule has 1 unspecified atom stereocenters. The second kappa shape index (κ2) is 11.0. The summed E-state index contributed by atoms with van der Waals surface area (Å²) in [6, 6.07) is 19.5. The monoisotopic (exact) mass is 472 g/mol. The minimum Gasteiger partial charge on any atom is -0.361 e. The van der Waals surface area contributed by atoms with Crippen molar-refractivity contribution in [1.82, 2.24) is 20.1 Å². The fourth-order valence-corrected chi connectivity index (χ4v) is 6.38. The van der Waals surface area contributed by atoms with Gasteiger partial charge in [-0.2, -0.15) is 0 Å². The highest BCUT2D eigenvalue weighted by Gasteiger charge is 2.42. The van der Waals surface area contributed by atoms with Gasteiger partial charge < -0.3 is 15.2 Å². The number of likely N-dealkylation sites (tertiary alicyclic amines) is 2. The molecule has 5 nitrogen and oxygen atoms in total. The van der Waals surface area contributed by atoms with Crippen LogP contribution in [0.3, 0.4) is 0 Å². The number of amides is 1. The maximum absolute atomic E-state index is 12.8. The van der Waals surface area contributed by atoms with Crippen molar-refractivity contribution in [2.24, 2.45) is 0 Å². The molecular formula is C30H40N4O. The van der Waals surface area contributed by atoms with E-state index in [4.69, 9.17) is 0 Å². The summed E-state index contributed by atoms with van der Waals surface area (Å²) in [5, 5.41) is 4.45. The maximum Gasteiger partial charge on any atom is 0.220 e. The number of fused-ring (bicyclic) bond motifs is 1. The van der Waals surface area contributed by atoms with E-state index < -0.39 is 0 Å². The minimum absolute atomic E-state index is 0.162. The summed E-state index contributed by atoms with van der Waals surface area (Å²) < 4.78 is 0. The molecule has 2 aliphatic rings. The van der Waals surface area contributed by atoms with Gasteiger partial charge >= 0.3 is 0 Å². The average molecular weight is 473 g/mol. The average Bonchev–Trinajstić information content (AvgIpc) is 3.59. The summed E-state index contributed by atoms with van der Waals surface area (Å²) in [7, 11) is 0. The number of rotatable bonds is 9. The number of benzene rings is 2. The van der Waals surface area contributed by atoms with Crippen LogP contribution in [0.15, 0.2) is 60.8 Å². The molecule has 3 aromatic rings. The summed E-state index contributed by atoms with van der Waals surface area (Å²) in [6.45, 7) is 8.46. The van der Waals surface area contributed by atoms with Crippen molar-refractivity contribution in [2.45, 2.75) is 56.9 Å². The van der Waals surface area contributed by atoms with Gasteiger partial charge in [0.15, 0.2) is 0 Å². The van der Waals surface area contributed by atoms with Crippen LogP contribution >= 0.6 is 0 Å². The second-order valence-corrected chi connectivity index (χ2v) is 10.4. The number of nitrogens with zero attached hydrogens (tertiary/aromatic N) is 2. The fourth-order valence-electron chi connectivity index (χ4n) is 6.38. The maximum atomic E-state index is 12.8. The van der Waals surface area contributed by atoms with Crippen molar-refractivity contribution >= 4 is 16.8 Å². The van der Waals surface area contributed by atoms with Crippen molar-refractivity contribution in [3.63, 3.8) is 0 Å². The minimum atomic E-state index is 0.162. The van der Waals surface area contributed by atoms with E-state index in [2.05, 4.69) is 81.8 Å². The van der Waals surface area contributed by atoms with Gasteiger partial charge in [-0.05, 0) is 68.3 Å². The molecule has 0 saturated carbocycles. The Labute approximate surface area is 209 Å². The molecule has 0 spiro atoms. The highest BCUT2D eigenvalue weighted by Crippen LogP contribution is 2.40. The lowest BCUT2D eigenvalue weighted by atomic mass is 9.79. The summed E-state index contributed by atoms with van der Waals surface area (Å²) >= 11 is 0. The lowest BCUT2D eigenvalue weighted by Crippen LogP contribution is -2.53. The number of piperidine rings is 1. The van der Waals surface area contributed by atoms with Gasteiger partial charge in [0, 0.05) is 55.2 Å². The third-order valence-electron chi connectivity index (χ3n) is 8.44. The van der Waals surface area contributed by atoms with Crippen molar-refractivity contribution in [1.29, 1.82) is 0 Å². The van der Waals surface area contributed by atoms with E-state index >= 15 is 0 Å². The lowest BCUT2D eigenvalue weighted by Gasteiger charge is -2.48.